The van der Waals surface area contributed by atoms with E-state index >= 15 is 0 Å². The van der Waals surface area contributed by atoms with Crippen LogP contribution in [0.1, 0.15) is 12.7 Å². The average Bonchev–Trinajstić information content (AvgIpc) is 3.49. The number of hydrogen-bond donors (Lipinski definition) is 1. The lowest BCUT2D eigenvalue weighted by atomic mass is 10.2. The minimum absolute atomic E-state index is 0.102. The Labute approximate surface area is 199 Å². The number of benzene rings is 2. The zero-order valence-corrected chi connectivity index (χ0v) is 19.2. The molecule has 0 aliphatic heterocycles. The van der Waals surface area contributed by atoms with Crippen molar-refractivity contribution in [2.24, 2.45) is 5.10 Å². The van der Waals surface area contributed by atoms with E-state index in [-0.39, 0.29) is 11.7 Å². The summed E-state index contributed by atoms with van der Waals surface area (Å²) in [6.07, 6.45) is 2.97. The summed E-state index contributed by atoms with van der Waals surface area (Å²) in [5.41, 5.74) is 4.16. The van der Waals surface area contributed by atoms with Crippen LogP contribution >= 0.6 is 23.4 Å². The Kier molecular flexibility index (Phi) is 7.43. The van der Waals surface area contributed by atoms with Crippen molar-refractivity contribution in [3.05, 3.63) is 77.7 Å². The van der Waals surface area contributed by atoms with Crippen LogP contribution < -0.4 is 10.2 Å². The summed E-state index contributed by atoms with van der Waals surface area (Å²) < 4.78 is 12.6. The Morgan fingerprint density at radius 1 is 1.18 bits per heavy atom. The normalized spacial score (nSPS) is 11.1. The van der Waals surface area contributed by atoms with E-state index in [0.29, 0.717) is 28.4 Å². The summed E-state index contributed by atoms with van der Waals surface area (Å²) in [6, 6.07) is 18.4. The quantitative estimate of drug-likeness (QED) is 0.209. The lowest BCUT2D eigenvalue weighted by Crippen LogP contribution is -2.19. The minimum atomic E-state index is -0.280. The third-order valence-electron chi connectivity index (χ3n) is 4.40. The molecule has 0 spiro atoms. The minimum Gasteiger partial charge on any atom is -0.494 e. The highest BCUT2D eigenvalue weighted by molar-refractivity contribution is 7.99. The standard InChI is InChI=1S/C23H20ClN5O3S/c1-2-31-19-11-9-18(10-12-19)29-22(16-5-7-17(24)8-6-16)27-28-23(29)33-15-21(30)26-25-14-20-4-3-13-32-20/h3-14H,2,15H2,1H3,(H,26,30). The van der Waals surface area contributed by atoms with Gasteiger partial charge in [-0.3, -0.25) is 9.36 Å². The lowest BCUT2D eigenvalue weighted by molar-refractivity contribution is -0.118. The fourth-order valence-corrected chi connectivity index (χ4v) is 3.81. The molecule has 168 valence electrons. The Bertz CT molecular complexity index is 1220. The highest BCUT2D eigenvalue weighted by Gasteiger charge is 2.17. The van der Waals surface area contributed by atoms with Gasteiger partial charge in [0.25, 0.3) is 5.91 Å². The van der Waals surface area contributed by atoms with Crippen molar-refractivity contribution in [1.29, 1.82) is 0 Å². The SMILES string of the molecule is CCOc1ccc(-n2c(SCC(=O)NN=Cc3ccco3)nnc2-c2ccc(Cl)cc2)cc1. The molecule has 2 aromatic carbocycles. The van der Waals surface area contributed by atoms with E-state index in [9.17, 15) is 4.79 Å². The van der Waals surface area contributed by atoms with Crippen LogP contribution in [0, 0.1) is 0 Å². The van der Waals surface area contributed by atoms with E-state index in [2.05, 4.69) is 20.7 Å². The van der Waals surface area contributed by atoms with Gasteiger partial charge >= 0.3 is 0 Å². The molecule has 0 atom stereocenters. The molecule has 0 aliphatic rings. The van der Waals surface area contributed by atoms with Crippen LogP contribution in [0.25, 0.3) is 17.1 Å². The molecular formula is C23H20ClN5O3S. The van der Waals surface area contributed by atoms with Crippen molar-refractivity contribution in [3.63, 3.8) is 0 Å². The molecular weight excluding hydrogens is 462 g/mol. The summed E-state index contributed by atoms with van der Waals surface area (Å²) in [6.45, 7) is 2.52. The Morgan fingerprint density at radius 3 is 2.67 bits per heavy atom. The monoisotopic (exact) mass is 481 g/mol. The average molecular weight is 482 g/mol. The predicted molar refractivity (Wildman–Crippen MR) is 128 cm³/mol. The van der Waals surface area contributed by atoms with Crippen molar-refractivity contribution >= 4 is 35.5 Å². The first-order chi connectivity index (χ1) is 16.1. The first-order valence-electron chi connectivity index (χ1n) is 10.1. The number of aromatic nitrogens is 3. The number of nitrogens with one attached hydrogen (secondary N) is 1. The van der Waals surface area contributed by atoms with Gasteiger partial charge in [-0.25, -0.2) is 5.43 Å². The number of rotatable bonds is 9. The second-order valence-electron chi connectivity index (χ2n) is 6.67. The third-order valence-corrected chi connectivity index (χ3v) is 5.58. The number of carbonyl (C=O) groups is 1. The summed E-state index contributed by atoms with van der Waals surface area (Å²) in [5.74, 6) is 1.77. The van der Waals surface area contributed by atoms with Gasteiger partial charge in [-0.1, -0.05) is 23.4 Å². The molecule has 8 nitrogen and oxygen atoms in total. The van der Waals surface area contributed by atoms with E-state index in [0.717, 1.165) is 17.0 Å². The van der Waals surface area contributed by atoms with Crippen LogP contribution in [0.3, 0.4) is 0 Å². The summed E-state index contributed by atoms with van der Waals surface area (Å²) in [5, 5.41) is 13.8. The van der Waals surface area contributed by atoms with Crippen LogP contribution in [0.5, 0.6) is 5.75 Å². The first-order valence-corrected chi connectivity index (χ1v) is 11.4. The number of thioether (sulfide) groups is 1. The second kappa shape index (κ2) is 10.8. The summed E-state index contributed by atoms with van der Waals surface area (Å²) >= 11 is 7.30. The highest BCUT2D eigenvalue weighted by atomic mass is 35.5. The molecule has 0 bridgehead atoms. The summed E-state index contributed by atoms with van der Waals surface area (Å²) in [4.78, 5) is 12.3. The van der Waals surface area contributed by atoms with E-state index in [1.165, 1.54) is 24.2 Å². The fourth-order valence-electron chi connectivity index (χ4n) is 2.94. The van der Waals surface area contributed by atoms with Crippen LogP contribution in [-0.4, -0.2) is 39.2 Å². The fraction of sp³-hybridized carbons (Fsp3) is 0.130. The molecule has 0 aliphatic carbocycles. The number of furan rings is 1. The molecule has 0 saturated carbocycles. The molecule has 4 aromatic rings. The largest absolute Gasteiger partial charge is 0.494 e. The zero-order chi connectivity index (χ0) is 23.0. The molecule has 4 rings (SSSR count). The van der Waals surface area contributed by atoms with E-state index in [4.69, 9.17) is 20.8 Å². The molecule has 0 saturated heterocycles. The number of hydrazone groups is 1. The van der Waals surface area contributed by atoms with Gasteiger partial charge in [0.05, 0.1) is 24.8 Å². The molecule has 33 heavy (non-hydrogen) atoms. The summed E-state index contributed by atoms with van der Waals surface area (Å²) in [7, 11) is 0. The number of carbonyl (C=O) groups excluding carboxylic acids is 1. The van der Waals surface area contributed by atoms with Crippen molar-refractivity contribution < 1.29 is 13.9 Å². The maximum Gasteiger partial charge on any atom is 0.250 e. The van der Waals surface area contributed by atoms with E-state index in [1.807, 2.05) is 47.9 Å². The molecule has 2 aromatic heterocycles. The van der Waals surface area contributed by atoms with Gasteiger partial charge in [0.2, 0.25) is 0 Å². The number of halogens is 1. The molecule has 0 unspecified atom stereocenters. The predicted octanol–water partition coefficient (Wildman–Crippen LogP) is 4.82. The van der Waals surface area contributed by atoms with Crippen molar-refractivity contribution in [3.8, 4) is 22.8 Å². The Hall–Kier alpha value is -3.56. The van der Waals surface area contributed by atoms with Crippen molar-refractivity contribution in [2.75, 3.05) is 12.4 Å². The van der Waals surface area contributed by atoms with Gasteiger partial charge in [-0.05, 0) is 67.6 Å². The van der Waals surface area contributed by atoms with Crippen LogP contribution in [0.15, 0.2) is 81.6 Å². The first kappa shape index (κ1) is 22.6. The highest BCUT2D eigenvalue weighted by Crippen LogP contribution is 2.29. The maximum atomic E-state index is 12.3. The molecule has 1 N–H and O–H groups in total. The number of ether oxygens (including phenoxy) is 1. The number of nitrogens with zero attached hydrogens (tertiary/aromatic N) is 4. The van der Waals surface area contributed by atoms with Crippen molar-refractivity contribution in [1.82, 2.24) is 20.2 Å². The lowest BCUT2D eigenvalue weighted by Gasteiger charge is -2.11. The second-order valence-corrected chi connectivity index (χ2v) is 8.05. The van der Waals surface area contributed by atoms with Crippen LogP contribution in [0.2, 0.25) is 5.02 Å². The van der Waals surface area contributed by atoms with Crippen LogP contribution in [-0.2, 0) is 4.79 Å². The van der Waals surface area contributed by atoms with Crippen LogP contribution in [0.4, 0.5) is 0 Å². The Morgan fingerprint density at radius 2 is 1.97 bits per heavy atom. The van der Waals surface area contributed by atoms with Gasteiger partial charge in [-0.15, -0.1) is 10.2 Å². The molecule has 0 fully saturated rings. The maximum absolute atomic E-state index is 12.3. The van der Waals surface area contributed by atoms with Gasteiger partial charge < -0.3 is 9.15 Å². The molecule has 0 radical (unpaired) electrons. The molecule has 1 amide bonds. The molecule has 10 heteroatoms. The molecule has 2 heterocycles. The van der Waals surface area contributed by atoms with E-state index < -0.39 is 0 Å². The van der Waals surface area contributed by atoms with Gasteiger partial charge in [-0.2, -0.15) is 5.10 Å². The van der Waals surface area contributed by atoms with Gasteiger partial charge in [0.1, 0.15) is 11.5 Å². The zero-order valence-electron chi connectivity index (χ0n) is 17.6. The van der Waals surface area contributed by atoms with Gasteiger partial charge in [0, 0.05) is 16.3 Å². The smallest absolute Gasteiger partial charge is 0.250 e. The number of hydrogen-bond acceptors (Lipinski definition) is 7. The number of amides is 1. The van der Waals surface area contributed by atoms with E-state index in [1.54, 1.807) is 24.3 Å². The Balaban J connectivity index is 1.55. The topological polar surface area (TPSA) is 94.5 Å². The van der Waals surface area contributed by atoms with Crippen molar-refractivity contribution in [2.45, 2.75) is 12.1 Å². The third kappa shape index (κ3) is 5.82. The van der Waals surface area contributed by atoms with Gasteiger partial charge in [0.15, 0.2) is 11.0 Å².